The van der Waals surface area contributed by atoms with Crippen molar-refractivity contribution >= 4 is 56.9 Å². The number of halogens is 1. The molecule has 1 atom stereocenters. The van der Waals surface area contributed by atoms with Gasteiger partial charge in [0.05, 0.1) is 4.47 Å². The van der Waals surface area contributed by atoms with Gasteiger partial charge in [0.2, 0.25) is 17.8 Å². The number of nitrogens with zero attached hydrogens (tertiary/aromatic N) is 3. The van der Waals surface area contributed by atoms with E-state index in [4.69, 9.17) is 0 Å². The first-order valence-electron chi connectivity index (χ1n) is 11.7. The number of aromatic nitrogens is 2. The zero-order valence-electron chi connectivity index (χ0n) is 19.3. The highest BCUT2D eigenvalue weighted by Gasteiger charge is 2.26. The van der Waals surface area contributed by atoms with Gasteiger partial charge in [0.1, 0.15) is 11.9 Å². The van der Waals surface area contributed by atoms with Crippen molar-refractivity contribution in [2.24, 2.45) is 0 Å². The van der Waals surface area contributed by atoms with Crippen molar-refractivity contribution in [1.82, 2.24) is 25.5 Å². The lowest BCUT2D eigenvalue weighted by atomic mass is 10.2. The maximum absolute atomic E-state index is 12.3. The molecule has 1 aromatic heterocycles. The van der Waals surface area contributed by atoms with Gasteiger partial charge in [-0.2, -0.15) is 4.98 Å². The topological polar surface area (TPSA) is 140 Å². The number of hydrogen-bond donors (Lipinski definition) is 5. The standard InChI is InChI=1S/C23H29BrN8O3/c24-17-14-27-22(28-15-5-3-6-16(13-15)29-23(35)32-11-1-2-12-32)31-20(17)25-9-4-10-26-21(34)18-7-8-19(33)30-18/h3,5-6,13-14,18H,1-2,4,7-12H2,(H,26,34)(H,29,35)(H,30,33)(H2,25,27,28,31)/t18-/m0/s1. The molecule has 0 unspecified atom stereocenters. The third kappa shape index (κ3) is 7.04. The highest BCUT2D eigenvalue weighted by Crippen LogP contribution is 2.23. The normalized spacial score (nSPS) is 17.1. The average molecular weight is 545 g/mol. The highest BCUT2D eigenvalue weighted by atomic mass is 79.9. The lowest BCUT2D eigenvalue weighted by molar-refractivity contribution is -0.125. The lowest BCUT2D eigenvalue weighted by Crippen LogP contribution is -2.42. The zero-order chi connectivity index (χ0) is 24.6. The number of carbonyl (C=O) groups is 3. The third-order valence-electron chi connectivity index (χ3n) is 5.76. The molecule has 0 spiro atoms. The quantitative estimate of drug-likeness (QED) is 0.305. The first kappa shape index (κ1) is 24.7. The van der Waals surface area contributed by atoms with Gasteiger partial charge in [-0.05, 0) is 59.8 Å². The molecular formula is C23H29BrN8O3. The Morgan fingerprint density at radius 1 is 1.17 bits per heavy atom. The number of urea groups is 1. The molecule has 0 saturated carbocycles. The van der Waals surface area contributed by atoms with Gasteiger partial charge in [-0.15, -0.1) is 0 Å². The molecule has 1 aromatic carbocycles. The van der Waals surface area contributed by atoms with Crippen LogP contribution in [0.4, 0.5) is 27.9 Å². The van der Waals surface area contributed by atoms with E-state index in [1.54, 1.807) is 6.20 Å². The Balaban J connectivity index is 1.25. The molecule has 2 aliphatic rings. The van der Waals surface area contributed by atoms with Gasteiger partial charge in [-0.1, -0.05) is 6.07 Å². The van der Waals surface area contributed by atoms with Crippen LogP contribution in [0.25, 0.3) is 0 Å². The number of amides is 4. The molecule has 2 fully saturated rings. The Bertz CT molecular complexity index is 1080. The van der Waals surface area contributed by atoms with Crippen LogP contribution in [0.15, 0.2) is 34.9 Å². The van der Waals surface area contributed by atoms with Crippen molar-refractivity contribution in [3.05, 3.63) is 34.9 Å². The lowest BCUT2D eigenvalue weighted by Gasteiger charge is -2.16. The summed E-state index contributed by atoms with van der Waals surface area (Å²) in [4.78, 5) is 46.3. The molecule has 5 N–H and O–H groups in total. The fourth-order valence-electron chi connectivity index (χ4n) is 3.92. The summed E-state index contributed by atoms with van der Waals surface area (Å²) in [7, 11) is 0. The molecular weight excluding hydrogens is 516 g/mol. The van der Waals surface area contributed by atoms with Gasteiger partial charge in [-0.3, -0.25) is 9.59 Å². The van der Waals surface area contributed by atoms with E-state index in [1.165, 1.54) is 0 Å². The highest BCUT2D eigenvalue weighted by molar-refractivity contribution is 9.10. The molecule has 12 heteroatoms. The Morgan fingerprint density at radius 2 is 1.97 bits per heavy atom. The van der Waals surface area contributed by atoms with Crippen LogP contribution in [-0.2, 0) is 9.59 Å². The fraction of sp³-hybridized carbons (Fsp3) is 0.435. The van der Waals surface area contributed by atoms with E-state index in [0.717, 1.165) is 31.6 Å². The van der Waals surface area contributed by atoms with Crippen LogP contribution in [0.3, 0.4) is 0 Å². The average Bonchev–Trinajstić information content (AvgIpc) is 3.53. The van der Waals surface area contributed by atoms with Gasteiger partial charge in [0.25, 0.3) is 0 Å². The van der Waals surface area contributed by atoms with E-state index < -0.39 is 6.04 Å². The van der Waals surface area contributed by atoms with E-state index in [9.17, 15) is 14.4 Å². The molecule has 4 amide bonds. The van der Waals surface area contributed by atoms with Crippen LogP contribution < -0.4 is 26.6 Å². The van der Waals surface area contributed by atoms with Crippen molar-refractivity contribution in [3.8, 4) is 0 Å². The van der Waals surface area contributed by atoms with Crippen molar-refractivity contribution in [1.29, 1.82) is 0 Å². The van der Waals surface area contributed by atoms with E-state index in [-0.39, 0.29) is 17.8 Å². The van der Waals surface area contributed by atoms with Gasteiger partial charge < -0.3 is 31.5 Å². The SMILES string of the molecule is O=C1CC[C@@H](C(=O)NCCCNc2nc(Nc3cccc(NC(=O)N4CCCC4)c3)ncc2Br)N1. The van der Waals surface area contributed by atoms with Crippen molar-refractivity contribution < 1.29 is 14.4 Å². The Hall–Kier alpha value is -3.41. The monoisotopic (exact) mass is 544 g/mol. The third-order valence-corrected chi connectivity index (χ3v) is 6.34. The van der Waals surface area contributed by atoms with E-state index >= 15 is 0 Å². The first-order valence-corrected chi connectivity index (χ1v) is 12.5. The second-order valence-corrected chi connectivity index (χ2v) is 9.30. The van der Waals surface area contributed by atoms with E-state index in [0.29, 0.717) is 54.3 Å². The Kier molecular flexibility index (Phi) is 8.35. The number of carbonyl (C=O) groups excluding carboxylic acids is 3. The van der Waals surface area contributed by atoms with Crippen LogP contribution in [0.5, 0.6) is 0 Å². The van der Waals surface area contributed by atoms with Crippen LogP contribution in [0, 0.1) is 0 Å². The van der Waals surface area contributed by atoms with E-state index in [1.807, 2.05) is 29.2 Å². The van der Waals surface area contributed by atoms with Crippen LogP contribution in [0.2, 0.25) is 0 Å². The molecule has 2 aromatic rings. The molecule has 186 valence electrons. The minimum Gasteiger partial charge on any atom is -0.369 e. The number of hydrogen-bond acceptors (Lipinski definition) is 7. The molecule has 35 heavy (non-hydrogen) atoms. The van der Waals surface area contributed by atoms with E-state index in [2.05, 4.69) is 52.5 Å². The summed E-state index contributed by atoms with van der Waals surface area (Å²) in [6.07, 6.45) is 5.36. The summed E-state index contributed by atoms with van der Waals surface area (Å²) >= 11 is 3.45. The molecule has 0 radical (unpaired) electrons. The summed E-state index contributed by atoms with van der Waals surface area (Å²) < 4.78 is 0.715. The van der Waals surface area contributed by atoms with Gasteiger partial charge >= 0.3 is 6.03 Å². The number of rotatable bonds is 9. The maximum Gasteiger partial charge on any atom is 0.321 e. The minimum absolute atomic E-state index is 0.0802. The molecule has 11 nitrogen and oxygen atoms in total. The number of nitrogens with one attached hydrogen (secondary N) is 5. The summed E-state index contributed by atoms with van der Waals surface area (Å²) in [5, 5.41) is 14.8. The maximum atomic E-state index is 12.3. The summed E-state index contributed by atoms with van der Waals surface area (Å²) in [6, 6.07) is 6.89. The summed E-state index contributed by atoms with van der Waals surface area (Å²) in [5.74, 6) is 0.798. The van der Waals surface area contributed by atoms with Crippen molar-refractivity contribution in [3.63, 3.8) is 0 Å². The molecule has 3 heterocycles. The molecule has 2 aliphatic heterocycles. The molecule has 2 saturated heterocycles. The van der Waals surface area contributed by atoms with Gasteiger partial charge in [-0.25, -0.2) is 9.78 Å². The van der Waals surface area contributed by atoms with Gasteiger partial charge in [0.15, 0.2) is 0 Å². The van der Waals surface area contributed by atoms with Crippen LogP contribution >= 0.6 is 15.9 Å². The summed E-state index contributed by atoms with van der Waals surface area (Å²) in [5.41, 5.74) is 1.45. The second kappa shape index (κ2) is 11.8. The van der Waals surface area contributed by atoms with Crippen LogP contribution in [-0.4, -0.2) is 64.9 Å². The minimum atomic E-state index is -0.424. The predicted molar refractivity (Wildman–Crippen MR) is 137 cm³/mol. The summed E-state index contributed by atoms with van der Waals surface area (Å²) in [6.45, 7) is 2.65. The fourth-order valence-corrected chi connectivity index (χ4v) is 4.25. The molecule has 4 rings (SSSR count). The zero-order valence-corrected chi connectivity index (χ0v) is 20.9. The molecule has 0 aliphatic carbocycles. The predicted octanol–water partition coefficient (Wildman–Crippen LogP) is 2.81. The Labute approximate surface area is 212 Å². The number of anilines is 4. The smallest absolute Gasteiger partial charge is 0.321 e. The first-order chi connectivity index (χ1) is 17.0. The number of benzene rings is 1. The largest absolute Gasteiger partial charge is 0.369 e. The molecule has 0 bridgehead atoms. The van der Waals surface area contributed by atoms with Crippen molar-refractivity contribution in [2.75, 3.05) is 42.1 Å². The second-order valence-electron chi connectivity index (χ2n) is 8.45. The van der Waals surface area contributed by atoms with Crippen molar-refractivity contribution in [2.45, 2.75) is 38.1 Å². The number of likely N-dealkylation sites (tertiary alicyclic amines) is 1. The Morgan fingerprint density at radius 3 is 2.74 bits per heavy atom. The van der Waals surface area contributed by atoms with Crippen LogP contribution in [0.1, 0.15) is 32.1 Å². The van der Waals surface area contributed by atoms with Gasteiger partial charge in [0, 0.05) is 50.2 Å².